The van der Waals surface area contributed by atoms with Crippen LogP contribution >= 0.6 is 0 Å². The van der Waals surface area contributed by atoms with Crippen LogP contribution in [0.2, 0.25) is 0 Å². The molecule has 1 aliphatic carbocycles. The molecule has 2 atom stereocenters. The molecular weight excluding hydrogens is 332 g/mol. The van der Waals surface area contributed by atoms with Gasteiger partial charge >= 0.3 is 0 Å². The van der Waals surface area contributed by atoms with Gasteiger partial charge in [0.2, 0.25) is 0 Å². The van der Waals surface area contributed by atoms with Crippen molar-refractivity contribution in [2.24, 2.45) is 11.8 Å². The van der Waals surface area contributed by atoms with Crippen molar-refractivity contribution < 1.29 is 10.2 Å². The molecule has 1 aromatic rings. The van der Waals surface area contributed by atoms with E-state index in [-0.39, 0.29) is 22.8 Å². The van der Waals surface area contributed by atoms with Crippen LogP contribution in [-0.2, 0) is 5.41 Å². The molecule has 2 N–H and O–H groups in total. The van der Waals surface area contributed by atoms with E-state index in [1.54, 1.807) is 0 Å². The Balaban J connectivity index is 2.29. The third-order valence-corrected chi connectivity index (χ3v) is 6.60. The fraction of sp³-hybridized carbons (Fsp3) is 0.680. The Morgan fingerprint density at radius 2 is 1.70 bits per heavy atom. The van der Waals surface area contributed by atoms with Crippen molar-refractivity contribution in [2.75, 3.05) is 0 Å². The molecule has 0 fully saturated rings. The Morgan fingerprint density at radius 1 is 1.07 bits per heavy atom. The number of hydrogen-bond donors (Lipinski definition) is 2. The average molecular weight is 373 g/mol. The number of allylic oxidation sites excluding steroid dienone is 2. The molecule has 1 aromatic carbocycles. The number of hydrogen-bond acceptors (Lipinski definition) is 2. The van der Waals surface area contributed by atoms with Crippen LogP contribution < -0.4 is 0 Å². The fourth-order valence-electron chi connectivity index (χ4n) is 4.67. The van der Waals surface area contributed by atoms with Crippen molar-refractivity contribution >= 4 is 0 Å². The predicted octanol–water partition coefficient (Wildman–Crippen LogP) is 7.44. The van der Waals surface area contributed by atoms with E-state index in [1.807, 2.05) is 12.1 Å². The van der Waals surface area contributed by atoms with Gasteiger partial charge in [0, 0.05) is 5.56 Å². The first-order valence-electron chi connectivity index (χ1n) is 10.9. The molecule has 0 saturated heterocycles. The van der Waals surface area contributed by atoms with E-state index in [2.05, 4.69) is 47.6 Å². The topological polar surface area (TPSA) is 40.5 Å². The second kappa shape index (κ2) is 9.17. The van der Waals surface area contributed by atoms with Crippen molar-refractivity contribution in [3.8, 4) is 11.5 Å². The Hall–Kier alpha value is -1.44. The highest BCUT2D eigenvalue weighted by molar-refractivity contribution is 5.51. The van der Waals surface area contributed by atoms with Crippen molar-refractivity contribution in [1.29, 1.82) is 0 Å². The van der Waals surface area contributed by atoms with E-state index in [0.717, 1.165) is 30.4 Å². The zero-order valence-electron chi connectivity index (χ0n) is 18.3. The number of phenolic OH excluding ortho intramolecular Hbond substituents is 2. The maximum absolute atomic E-state index is 10.9. The molecule has 0 spiro atoms. The molecule has 2 nitrogen and oxygen atoms in total. The zero-order chi connectivity index (χ0) is 20.2. The fourth-order valence-corrected chi connectivity index (χ4v) is 4.67. The minimum Gasteiger partial charge on any atom is -0.508 e. The average Bonchev–Trinajstić information content (AvgIpc) is 2.58. The van der Waals surface area contributed by atoms with Crippen LogP contribution in [0.5, 0.6) is 11.5 Å². The monoisotopic (exact) mass is 372 g/mol. The van der Waals surface area contributed by atoms with Gasteiger partial charge in [0.05, 0.1) is 0 Å². The third kappa shape index (κ3) is 5.30. The highest BCUT2D eigenvalue weighted by Crippen LogP contribution is 2.48. The predicted molar refractivity (Wildman–Crippen MR) is 116 cm³/mol. The van der Waals surface area contributed by atoms with Crippen LogP contribution in [0.15, 0.2) is 23.8 Å². The maximum atomic E-state index is 10.9. The second-order valence-corrected chi connectivity index (χ2v) is 9.63. The van der Waals surface area contributed by atoms with Crippen molar-refractivity contribution in [2.45, 2.75) is 97.8 Å². The van der Waals surface area contributed by atoms with Gasteiger partial charge in [-0.25, -0.2) is 0 Å². The van der Waals surface area contributed by atoms with Gasteiger partial charge < -0.3 is 10.2 Å². The molecule has 1 aliphatic rings. The molecule has 0 saturated carbocycles. The second-order valence-electron chi connectivity index (χ2n) is 9.63. The molecule has 0 aliphatic heterocycles. The normalized spacial score (nSPS) is 20.8. The molecule has 2 unspecified atom stereocenters. The summed E-state index contributed by atoms with van der Waals surface area (Å²) in [4.78, 5) is 0. The molecule has 0 bridgehead atoms. The van der Waals surface area contributed by atoms with Gasteiger partial charge in [-0.3, -0.25) is 0 Å². The number of unbranched alkanes of at least 4 members (excludes halogenated alkanes) is 3. The van der Waals surface area contributed by atoms with Gasteiger partial charge in [0.1, 0.15) is 11.5 Å². The first-order chi connectivity index (χ1) is 12.7. The lowest BCUT2D eigenvalue weighted by Crippen LogP contribution is -2.22. The zero-order valence-corrected chi connectivity index (χ0v) is 18.3. The van der Waals surface area contributed by atoms with Gasteiger partial charge in [0.25, 0.3) is 0 Å². The van der Waals surface area contributed by atoms with Gasteiger partial charge in [-0.05, 0) is 67.1 Å². The standard InChI is InChI=1S/C25H40O2/c1-7-8-9-10-13-25(5,6)19-15-22(26)24(23(27)16-19)21-14-18(4)11-12-20(21)17(2)3/h11,15-17,20-21,26-27H,7-10,12-14H2,1-6H3. The molecule has 0 radical (unpaired) electrons. The van der Waals surface area contributed by atoms with Gasteiger partial charge in [-0.2, -0.15) is 0 Å². The first-order valence-corrected chi connectivity index (χ1v) is 10.9. The van der Waals surface area contributed by atoms with Crippen LogP contribution in [0, 0.1) is 11.8 Å². The van der Waals surface area contributed by atoms with E-state index in [1.165, 1.54) is 31.3 Å². The van der Waals surface area contributed by atoms with Gasteiger partial charge in [-0.15, -0.1) is 0 Å². The quantitative estimate of drug-likeness (QED) is 0.367. The highest BCUT2D eigenvalue weighted by atomic mass is 16.3. The number of phenols is 2. The molecule has 2 rings (SSSR count). The van der Waals surface area contributed by atoms with Crippen molar-refractivity contribution in [1.82, 2.24) is 0 Å². The van der Waals surface area contributed by atoms with Crippen LogP contribution in [0.25, 0.3) is 0 Å². The van der Waals surface area contributed by atoms with Crippen LogP contribution in [-0.4, -0.2) is 10.2 Å². The molecule has 27 heavy (non-hydrogen) atoms. The summed E-state index contributed by atoms with van der Waals surface area (Å²) in [6, 6.07) is 3.83. The van der Waals surface area contributed by atoms with Crippen LogP contribution in [0.3, 0.4) is 0 Å². The van der Waals surface area contributed by atoms with Crippen molar-refractivity contribution in [3.63, 3.8) is 0 Å². The molecule has 0 aromatic heterocycles. The third-order valence-electron chi connectivity index (χ3n) is 6.60. The Morgan fingerprint density at radius 3 is 2.26 bits per heavy atom. The summed E-state index contributed by atoms with van der Waals surface area (Å²) in [6.45, 7) is 13.3. The molecule has 2 heteroatoms. The molecule has 152 valence electrons. The molecule has 0 amide bonds. The van der Waals surface area contributed by atoms with Crippen LogP contribution in [0.1, 0.15) is 104 Å². The lowest BCUT2D eigenvalue weighted by molar-refractivity contribution is 0.291. The Labute approximate surface area is 166 Å². The summed E-state index contributed by atoms with van der Waals surface area (Å²) in [5.41, 5.74) is 3.12. The summed E-state index contributed by atoms with van der Waals surface area (Å²) >= 11 is 0. The van der Waals surface area contributed by atoms with Crippen molar-refractivity contribution in [3.05, 3.63) is 34.9 Å². The largest absolute Gasteiger partial charge is 0.508 e. The summed E-state index contributed by atoms with van der Waals surface area (Å²) in [5.74, 6) is 1.72. The number of aromatic hydroxyl groups is 2. The number of benzene rings is 1. The van der Waals surface area contributed by atoms with E-state index >= 15 is 0 Å². The Kier molecular flexibility index (Phi) is 7.42. The molecule has 0 heterocycles. The smallest absolute Gasteiger partial charge is 0.123 e. The lowest BCUT2D eigenvalue weighted by Gasteiger charge is -2.35. The van der Waals surface area contributed by atoms with E-state index in [9.17, 15) is 10.2 Å². The minimum absolute atomic E-state index is 0.0406. The summed E-state index contributed by atoms with van der Waals surface area (Å²) < 4.78 is 0. The van der Waals surface area contributed by atoms with Gasteiger partial charge in [0.15, 0.2) is 0 Å². The first kappa shape index (κ1) is 21.9. The van der Waals surface area contributed by atoms with E-state index in [0.29, 0.717) is 11.8 Å². The lowest BCUT2D eigenvalue weighted by atomic mass is 9.70. The van der Waals surface area contributed by atoms with Gasteiger partial charge in [-0.1, -0.05) is 72.0 Å². The minimum atomic E-state index is -0.0406. The number of rotatable bonds is 8. The van der Waals surface area contributed by atoms with E-state index in [4.69, 9.17) is 0 Å². The molecular formula is C25H40O2. The van der Waals surface area contributed by atoms with Crippen LogP contribution in [0.4, 0.5) is 0 Å². The SMILES string of the molecule is CCCCCCC(C)(C)c1cc(O)c(C2CC(C)=CCC2C(C)C)c(O)c1. The van der Waals surface area contributed by atoms with E-state index < -0.39 is 0 Å². The Bertz CT molecular complexity index is 631. The summed E-state index contributed by atoms with van der Waals surface area (Å²) in [7, 11) is 0. The summed E-state index contributed by atoms with van der Waals surface area (Å²) in [5, 5.41) is 21.8. The summed E-state index contributed by atoms with van der Waals surface area (Å²) in [6.07, 6.45) is 10.3. The maximum Gasteiger partial charge on any atom is 0.123 e. The highest BCUT2D eigenvalue weighted by Gasteiger charge is 2.33.